The molecule has 0 aliphatic rings. The smallest absolute Gasteiger partial charge is 0.270 e. The van der Waals surface area contributed by atoms with Crippen LogP contribution in [0.5, 0.6) is 0 Å². The quantitative estimate of drug-likeness (QED) is 0.487. The third kappa shape index (κ3) is 2.49. The van der Waals surface area contributed by atoms with Gasteiger partial charge in [0.1, 0.15) is 5.82 Å². The molecule has 0 N–H and O–H groups in total. The normalized spacial score (nSPS) is 10.1. The molecule has 0 aromatic heterocycles. The highest BCUT2D eigenvalue weighted by Crippen LogP contribution is 2.30. The Morgan fingerprint density at radius 2 is 1.90 bits per heavy atom. The summed E-state index contributed by atoms with van der Waals surface area (Å²) in [6.07, 6.45) is 0.514. The van der Waals surface area contributed by atoms with Gasteiger partial charge in [0.15, 0.2) is 6.29 Å². The molecule has 0 atom stereocenters. The molecule has 0 saturated carbocycles. The Morgan fingerprint density at radius 1 is 1.20 bits per heavy atom. The lowest BCUT2D eigenvalue weighted by Gasteiger charge is -2.21. The molecule has 0 heterocycles. The molecule has 2 aromatic rings. The highest BCUT2D eigenvalue weighted by atomic mass is 19.1. The first-order valence-corrected chi connectivity index (χ1v) is 5.76. The molecule has 0 saturated heterocycles. The molecule has 20 heavy (non-hydrogen) atoms. The monoisotopic (exact) mass is 274 g/mol. The van der Waals surface area contributed by atoms with Crippen LogP contribution >= 0.6 is 0 Å². The van der Waals surface area contributed by atoms with E-state index >= 15 is 0 Å². The molecule has 0 radical (unpaired) electrons. The van der Waals surface area contributed by atoms with Gasteiger partial charge in [0.25, 0.3) is 5.69 Å². The summed E-state index contributed by atoms with van der Waals surface area (Å²) in [5, 5.41) is 10.7. The summed E-state index contributed by atoms with van der Waals surface area (Å²) >= 11 is 0. The number of nitro benzene ring substituents is 1. The number of hydrogen-bond donors (Lipinski definition) is 0. The second kappa shape index (κ2) is 5.48. The lowest BCUT2D eigenvalue weighted by molar-refractivity contribution is -0.384. The maximum absolute atomic E-state index is 13.7. The number of rotatable bonds is 4. The highest BCUT2D eigenvalue weighted by Gasteiger charge is 2.15. The van der Waals surface area contributed by atoms with Crippen LogP contribution in [0.25, 0.3) is 0 Å². The van der Waals surface area contributed by atoms with Crippen molar-refractivity contribution in [3.8, 4) is 0 Å². The first kappa shape index (κ1) is 13.7. The topological polar surface area (TPSA) is 63.4 Å². The van der Waals surface area contributed by atoms with E-state index in [0.717, 1.165) is 0 Å². The van der Waals surface area contributed by atoms with Crippen LogP contribution in [0.1, 0.15) is 10.4 Å². The number of aldehydes is 1. The van der Waals surface area contributed by atoms with Crippen LogP contribution in [0.3, 0.4) is 0 Å². The van der Waals surface area contributed by atoms with E-state index in [1.807, 2.05) is 0 Å². The van der Waals surface area contributed by atoms with Crippen molar-refractivity contribution < 1.29 is 14.1 Å². The average molecular weight is 274 g/mol. The van der Waals surface area contributed by atoms with Gasteiger partial charge in [-0.1, -0.05) is 12.1 Å². The van der Waals surface area contributed by atoms with Crippen molar-refractivity contribution in [2.75, 3.05) is 11.9 Å². The van der Waals surface area contributed by atoms with Crippen LogP contribution in [0.2, 0.25) is 0 Å². The van der Waals surface area contributed by atoms with Crippen LogP contribution in [0.15, 0.2) is 42.5 Å². The number of para-hydroxylation sites is 1. The molecule has 102 valence electrons. The number of benzene rings is 2. The molecule has 6 heteroatoms. The summed E-state index contributed by atoms with van der Waals surface area (Å²) in [6.45, 7) is 0. The van der Waals surface area contributed by atoms with Gasteiger partial charge < -0.3 is 4.90 Å². The molecule has 0 unspecified atom stereocenters. The number of nitrogens with zero attached hydrogens (tertiary/aromatic N) is 2. The number of carbonyl (C=O) groups is 1. The van der Waals surface area contributed by atoms with Gasteiger partial charge in [-0.2, -0.15) is 0 Å². The molecule has 5 nitrogen and oxygen atoms in total. The number of hydrogen-bond acceptors (Lipinski definition) is 4. The SMILES string of the molecule is CN(c1ccccc1F)c1ccc([N+](=O)[O-])cc1C=O. The molecule has 0 amide bonds. The Bertz CT molecular complexity index is 673. The number of anilines is 2. The van der Waals surface area contributed by atoms with Crippen molar-refractivity contribution in [2.24, 2.45) is 0 Å². The zero-order valence-electron chi connectivity index (χ0n) is 10.6. The van der Waals surface area contributed by atoms with E-state index in [-0.39, 0.29) is 16.9 Å². The van der Waals surface area contributed by atoms with Crippen molar-refractivity contribution >= 4 is 23.3 Å². The predicted octanol–water partition coefficient (Wildman–Crippen LogP) is 3.31. The largest absolute Gasteiger partial charge is 0.342 e. The minimum Gasteiger partial charge on any atom is -0.342 e. The Morgan fingerprint density at radius 3 is 2.50 bits per heavy atom. The number of carbonyl (C=O) groups excluding carboxylic acids is 1. The lowest BCUT2D eigenvalue weighted by Crippen LogP contribution is -2.13. The first-order chi connectivity index (χ1) is 9.54. The fourth-order valence-corrected chi connectivity index (χ4v) is 1.91. The van der Waals surface area contributed by atoms with Gasteiger partial charge in [-0.05, 0) is 18.2 Å². The molecular formula is C14H11FN2O3. The third-order valence-corrected chi connectivity index (χ3v) is 2.92. The fraction of sp³-hybridized carbons (Fsp3) is 0.0714. The Hall–Kier alpha value is -2.76. The number of halogens is 1. The van der Waals surface area contributed by atoms with Gasteiger partial charge in [-0.15, -0.1) is 0 Å². The summed E-state index contributed by atoms with van der Waals surface area (Å²) in [4.78, 5) is 22.7. The van der Waals surface area contributed by atoms with Gasteiger partial charge >= 0.3 is 0 Å². The van der Waals surface area contributed by atoms with Crippen LogP contribution in [-0.2, 0) is 0 Å². The molecule has 2 rings (SSSR count). The van der Waals surface area contributed by atoms with Gasteiger partial charge in [0.05, 0.1) is 16.3 Å². The molecular weight excluding hydrogens is 263 g/mol. The van der Waals surface area contributed by atoms with Crippen molar-refractivity contribution in [3.63, 3.8) is 0 Å². The van der Waals surface area contributed by atoms with Crippen molar-refractivity contribution in [1.29, 1.82) is 0 Å². The number of non-ortho nitro benzene ring substituents is 1. The Balaban J connectivity index is 2.50. The van der Waals surface area contributed by atoms with E-state index in [1.165, 1.54) is 29.2 Å². The molecule has 0 bridgehead atoms. The fourth-order valence-electron chi connectivity index (χ4n) is 1.91. The minimum atomic E-state index is -0.583. The molecule has 0 fully saturated rings. The van der Waals surface area contributed by atoms with Gasteiger partial charge in [0.2, 0.25) is 0 Å². The van der Waals surface area contributed by atoms with Gasteiger partial charge in [0, 0.05) is 24.7 Å². The Kier molecular flexibility index (Phi) is 3.74. The summed E-state index contributed by atoms with van der Waals surface area (Å²) < 4.78 is 13.7. The molecule has 0 aliphatic carbocycles. The van der Waals surface area contributed by atoms with Crippen LogP contribution in [0, 0.1) is 15.9 Å². The summed E-state index contributed by atoms with van der Waals surface area (Å²) in [5.41, 5.74) is 0.628. The maximum atomic E-state index is 13.7. The highest BCUT2D eigenvalue weighted by molar-refractivity contribution is 5.87. The van der Waals surface area contributed by atoms with Crippen molar-refractivity contribution in [1.82, 2.24) is 0 Å². The Labute approximate surface area is 114 Å². The minimum absolute atomic E-state index is 0.130. The van der Waals surface area contributed by atoms with E-state index < -0.39 is 10.7 Å². The van der Waals surface area contributed by atoms with Gasteiger partial charge in [-0.3, -0.25) is 14.9 Å². The van der Waals surface area contributed by atoms with E-state index in [0.29, 0.717) is 12.0 Å². The molecule has 0 spiro atoms. The number of nitro groups is 1. The van der Waals surface area contributed by atoms with Crippen LogP contribution in [0.4, 0.5) is 21.5 Å². The molecule has 0 aliphatic heterocycles. The van der Waals surface area contributed by atoms with E-state index in [1.54, 1.807) is 25.2 Å². The second-order valence-corrected chi connectivity index (χ2v) is 4.13. The van der Waals surface area contributed by atoms with Crippen molar-refractivity contribution in [3.05, 3.63) is 64.0 Å². The van der Waals surface area contributed by atoms with Crippen LogP contribution < -0.4 is 4.90 Å². The lowest BCUT2D eigenvalue weighted by atomic mass is 10.1. The third-order valence-electron chi connectivity index (χ3n) is 2.92. The standard InChI is InChI=1S/C14H11FN2O3/c1-16(14-5-3-2-4-12(14)15)13-7-6-11(17(19)20)8-10(13)9-18/h2-9H,1H3. The summed E-state index contributed by atoms with van der Waals surface area (Å²) in [5.74, 6) is -0.440. The average Bonchev–Trinajstić information content (AvgIpc) is 2.46. The van der Waals surface area contributed by atoms with E-state index in [4.69, 9.17) is 0 Å². The summed E-state index contributed by atoms with van der Waals surface area (Å²) in [6, 6.07) is 9.96. The second-order valence-electron chi connectivity index (χ2n) is 4.13. The zero-order valence-corrected chi connectivity index (χ0v) is 10.6. The summed E-state index contributed by atoms with van der Waals surface area (Å²) in [7, 11) is 1.59. The van der Waals surface area contributed by atoms with Crippen LogP contribution in [-0.4, -0.2) is 18.3 Å². The van der Waals surface area contributed by atoms with Gasteiger partial charge in [-0.25, -0.2) is 4.39 Å². The molecule has 2 aromatic carbocycles. The van der Waals surface area contributed by atoms with Crippen molar-refractivity contribution in [2.45, 2.75) is 0 Å². The van der Waals surface area contributed by atoms with E-state index in [9.17, 15) is 19.3 Å². The first-order valence-electron chi connectivity index (χ1n) is 5.76. The maximum Gasteiger partial charge on any atom is 0.270 e. The zero-order chi connectivity index (χ0) is 14.7. The predicted molar refractivity (Wildman–Crippen MR) is 72.9 cm³/mol. The van der Waals surface area contributed by atoms with E-state index in [2.05, 4.69) is 0 Å².